The summed E-state index contributed by atoms with van der Waals surface area (Å²) in [4.78, 5) is 35.5. The van der Waals surface area contributed by atoms with Crippen molar-refractivity contribution in [1.82, 2.24) is 10.2 Å². The molecule has 20 heavy (non-hydrogen) atoms. The van der Waals surface area contributed by atoms with Crippen molar-refractivity contribution in [3.63, 3.8) is 0 Å². The van der Waals surface area contributed by atoms with Gasteiger partial charge in [0, 0.05) is 25.2 Å². The minimum absolute atomic E-state index is 0.0300. The molecule has 1 heterocycles. The highest BCUT2D eigenvalue weighted by atomic mass is 35.5. The number of non-ortho nitro benzene ring substituents is 1. The second kappa shape index (κ2) is 5.46. The number of benzene rings is 1. The molecule has 106 valence electrons. The van der Waals surface area contributed by atoms with Crippen LogP contribution in [-0.2, 0) is 4.79 Å². The van der Waals surface area contributed by atoms with Crippen molar-refractivity contribution in [3.8, 4) is 0 Å². The molecule has 2 rings (SSSR count). The largest absolute Gasteiger partial charge is 0.353 e. The first-order valence-electron chi connectivity index (χ1n) is 5.94. The summed E-state index contributed by atoms with van der Waals surface area (Å²) in [5, 5.41) is 13.5. The summed E-state index contributed by atoms with van der Waals surface area (Å²) in [6.45, 7) is 2.28. The number of hydrogen-bond donors (Lipinski definition) is 1. The highest BCUT2D eigenvalue weighted by molar-refractivity contribution is 6.34. The van der Waals surface area contributed by atoms with Gasteiger partial charge in [-0.3, -0.25) is 19.7 Å². The van der Waals surface area contributed by atoms with E-state index in [2.05, 4.69) is 5.32 Å². The van der Waals surface area contributed by atoms with Gasteiger partial charge in [-0.25, -0.2) is 0 Å². The molecule has 0 saturated carbocycles. The highest BCUT2D eigenvalue weighted by Crippen LogP contribution is 2.24. The number of carbonyl (C=O) groups excluding carboxylic acids is 2. The van der Waals surface area contributed by atoms with Gasteiger partial charge < -0.3 is 10.2 Å². The molecule has 1 saturated heterocycles. The van der Waals surface area contributed by atoms with Crippen LogP contribution in [0, 0.1) is 10.1 Å². The molecule has 1 aliphatic rings. The van der Waals surface area contributed by atoms with Crippen LogP contribution in [-0.4, -0.2) is 40.8 Å². The summed E-state index contributed by atoms with van der Waals surface area (Å²) in [6.07, 6.45) is 0. The van der Waals surface area contributed by atoms with E-state index in [-0.39, 0.29) is 22.2 Å². The van der Waals surface area contributed by atoms with Crippen LogP contribution in [0.4, 0.5) is 5.69 Å². The SMILES string of the molecule is CC1C(=O)NCCN1C(=O)c1cc([N+](=O)[O-])ccc1Cl. The first-order chi connectivity index (χ1) is 9.41. The van der Waals surface area contributed by atoms with Crippen molar-refractivity contribution in [2.45, 2.75) is 13.0 Å². The molecule has 1 fully saturated rings. The molecule has 1 aliphatic heterocycles. The molecule has 1 N–H and O–H groups in total. The van der Waals surface area contributed by atoms with Gasteiger partial charge in [-0.15, -0.1) is 0 Å². The van der Waals surface area contributed by atoms with Gasteiger partial charge in [0.2, 0.25) is 5.91 Å². The van der Waals surface area contributed by atoms with Crippen molar-refractivity contribution in [3.05, 3.63) is 38.9 Å². The predicted molar refractivity (Wildman–Crippen MR) is 71.6 cm³/mol. The molecule has 0 aromatic heterocycles. The third-order valence-electron chi connectivity index (χ3n) is 3.15. The molecule has 2 amide bonds. The Hall–Kier alpha value is -2.15. The number of nitrogens with one attached hydrogen (secondary N) is 1. The standard InChI is InChI=1S/C12H12ClN3O4/c1-7-11(17)14-4-5-15(7)12(18)9-6-8(16(19)20)2-3-10(9)13/h2-3,6-7H,4-5H2,1H3,(H,14,17). The maximum Gasteiger partial charge on any atom is 0.270 e. The molecular formula is C12H12ClN3O4. The van der Waals surface area contributed by atoms with E-state index in [4.69, 9.17) is 11.6 Å². The third-order valence-corrected chi connectivity index (χ3v) is 3.48. The zero-order valence-corrected chi connectivity index (χ0v) is 11.4. The first-order valence-corrected chi connectivity index (χ1v) is 6.32. The average Bonchev–Trinajstić information content (AvgIpc) is 2.41. The Morgan fingerprint density at radius 2 is 2.25 bits per heavy atom. The second-order valence-corrected chi connectivity index (χ2v) is 4.79. The molecule has 0 bridgehead atoms. The minimum atomic E-state index is -0.633. The maximum atomic E-state index is 12.4. The number of rotatable bonds is 2. The zero-order chi connectivity index (χ0) is 14.9. The highest BCUT2D eigenvalue weighted by Gasteiger charge is 2.31. The van der Waals surface area contributed by atoms with Gasteiger partial charge in [0.25, 0.3) is 11.6 Å². The van der Waals surface area contributed by atoms with Crippen molar-refractivity contribution >= 4 is 29.1 Å². The Morgan fingerprint density at radius 3 is 2.90 bits per heavy atom. The van der Waals surface area contributed by atoms with Gasteiger partial charge in [0.05, 0.1) is 15.5 Å². The fourth-order valence-corrected chi connectivity index (χ4v) is 2.20. The summed E-state index contributed by atoms with van der Waals surface area (Å²) < 4.78 is 0. The van der Waals surface area contributed by atoms with Gasteiger partial charge in [-0.1, -0.05) is 11.6 Å². The van der Waals surface area contributed by atoms with Crippen molar-refractivity contribution in [2.24, 2.45) is 0 Å². The normalized spacial score (nSPS) is 18.6. The van der Waals surface area contributed by atoms with E-state index in [1.54, 1.807) is 6.92 Å². The molecule has 1 aromatic carbocycles. The predicted octanol–water partition coefficient (Wildman–Crippen LogP) is 1.21. The van der Waals surface area contributed by atoms with Crippen molar-refractivity contribution < 1.29 is 14.5 Å². The van der Waals surface area contributed by atoms with E-state index in [1.165, 1.54) is 17.0 Å². The smallest absolute Gasteiger partial charge is 0.270 e. The maximum absolute atomic E-state index is 12.4. The Morgan fingerprint density at radius 1 is 1.55 bits per heavy atom. The van der Waals surface area contributed by atoms with Crippen LogP contribution >= 0.6 is 11.6 Å². The van der Waals surface area contributed by atoms with Gasteiger partial charge in [-0.05, 0) is 13.0 Å². The molecule has 1 aromatic rings. The number of amides is 2. The average molecular weight is 298 g/mol. The third kappa shape index (κ3) is 2.57. The molecule has 0 spiro atoms. The van der Waals surface area contributed by atoms with E-state index in [0.29, 0.717) is 13.1 Å². The van der Waals surface area contributed by atoms with Crippen LogP contribution in [0.1, 0.15) is 17.3 Å². The Kier molecular flexibility index (Phi) is 3.89. The van der Waals surface area contributed by atoms with Crippen LogP contribution in [0.15, 0.2) is 18.2 Å². The van der Waals surface area contributed by atoms with E-state index < -0.39 is 16.9 Å². The van der Waals surface area contributed by atoms with Crippen LogP contribution < -0.4 is 5.32 Å². The molecule has 8 heteroatoms. The lowest BCUT2D eigenvalue weighted by Gasteiger charge is -2.33. The number of piperazine rings is 1. The van der Waals surface area contributed by atoms with E-state index in [9.17, 15) is 19.7 Å². The Labute approximate surface area is 119 Å². The minimum Gasteiger partial charge on any atom is -0.353 e. The van der Waals surface area contributed by atoms with Crippen LogP contribution in [0.5, 0.6) is 0 Å². The fraction of sp³-hybridized carbons (Fsp3) is 0.333. The molecule has 0 radical (unpaired) electrons. The van der Waals surface area contributed by atoms with Crippen LogP contribution in [0.2, 0.25) is 5.02 Å². The van der Waals surface area contributed by atoms with E-state index >= 15 is 0 Å². The number of nitro groups is 1. The lowest BCUT2D eigenvalue weighted by atomic mass is 10.1. The lowest BCUT2D eigenvalue weighted by molar-refractivity contribution is -0.384. The number of carbonyl (C=O) groups is 2. The van der Waals surface area contributed by atoms with Crippen molar-refractivity contribution in [2.75, 3.05) is 13.1 Å². The van der Waals surface area contributed by atoms with Gasteiger partial charge in [0.1, 0.15) is 6.04 Å². The monoisotopic (exact) mass is 297 g/mol. The topological polar surface area (TPSA) is 92.6 Å². The van der Waals surface area contributed by atoms with Gasteiger partial charge in [0.15, 0.2) is 0 Å². The molecule has 0 aliphatic carbocycles. The molecule has 7 nitrogen and oxygen atoms in total. The molecule has 1 unspecified atom stereocenters. The molecular weight excluding hydrogens is 286 g/mol. The summed E-state index contributed by atoms with van der Waals surface area (Å²) in [7, 11) is 0. The molecule has 1 atom stereocenters. The van der Waals surface area contributed by atoms with Crippen molar-refractivity contribution in [1.29, 1.82) is 0 Å². The van der Waals surface area contributed by atoms with E-state index in [1.807, 2.05) is 0 Å². The number of hydrogen-bond acceptors (Lipinski definition) is 4. The van der Waals surface area contributed by atoms with Crippen LogP contribution in [0.3, 0.4) is 0 Å². The van der Waals surface area contributed by atoms with Gasteiger partial charge in [-0.2, -0.15) is 0 Å². The Balaban J connectivity index is 2.35. The zero-order valence-electron chi connectivity index (χ0n) is 10.6. The lowest BCUT2D eigenvalue weighted by Crippen LogP contribution is -2.55. The van der Waals surface area contributed by atoms with Crippen LogP contribution in [0.25, 0.3) is 0 Å². The quantitative estimate of drug-likeness (QED) is 0.656. The Bertz CT molecular complexity index is 590. The summed E-state index contributed by atoms with van der Waals surface area (Å²) in [5.41, 5.74) is -0.186. The fourth-order valence-electron chi connectivity index (χ4n) is 2.01. The second-order valence-electron chi connectivity index (χ2n) is 4.39. The number of nitro benzene ring substituents is 1. The number of nitrogens with zero attached hydrogens (tertiary/aromatic N) is 2. The summed E-state index contributed by atoms with van der Waals surface area (Å²) in [6, 6.07) is 3.03. The van der Waals surface area contributed by atoms with Gasteiger partial charge >= 0.3 is 0 Å². The summed E-state index contributed by atoms with van der Waals surface area (Å²) >= 11 is 5.93. The number of halogens is 1. The first kappa shape index (κ1) is 14.3. The van der Waals surface area contributed by atoms with E-state index in [0.717, 1.165) is 6.07 Å². The summed E-state index contributed by atoms with van der Waals surface area (Å²) in [5.74, 6) is -0.743.